The van der Waals surface area contributed by atoms with E-state index in [0.717, 1.165) is 5.56 Å². The Hall–Kier alpha value is -0.0766. The van der Waals surface area contributed by atoms with Crippen molar-refractivity contribution in [3.8, 4) is 5.75 Å². The van der Waals surface area contributed by atoms with Gasteiger partial charge in [-0.25, -0.2) is 0 Å². The van der Waals surface area contributed by atoms with Crippen molar-refractivity contribution in [2.75, 3.05) is 0 Å². The SMILES string of the molecule is Clc1ccc(Cl)c(OCc2cc[c-]cc2)c1.[Zn+][Br]. The first-order valence-electron chi connectivity index (χ1n) is 5.05. The molecule has 5 heteroatoms. The second kappa shape index (κ2) is 8.93. The molecule has 0 radical (unpaired) electrons. The first kappa shape index (κ1) is 16.0. The van der Waals surface area contributed by atoms with Gasteiger partial charge in [0.15, 0.2) is 0 Å². The van der Waals surface area contributed by atoms with Gasteiger partial charge in [-0.05, 0) is 12.1 Å². The van der Waals surface area contributed by atoms with Crippen molar-refractivity contribution in [1.29, 1.82) is 0 Å². The topological polar surface area (TPSA) is 9.23 Å². The molecule has 18 heavy (non-hydrogen) atoms. The Balaban J connectivity index is 0.000000771. The Morgan fingerprint density at radius 3 is 2.44 bits per heavy atom. The first-order chi connectivity index (χ1) is 8.75. The maximum atomic E-state index is 5.97. The maximum absolute atomic E-state index is 5.97. The Bertz CT molecular complexity index is 480. The van der Waals surface area contributed by atoms with E-state index in [1.165, 1.54) is 16.3 Å². The molecule has 0 aliphatic heterocycles. The molecular formula is C13H9BrCl2OZn. The van der Waals surface area contributed by atoms with Gasteiger partial charge in [-0.1, -0.05) is 23.2 Å². The summed E-state index contributed by atoms with van der Waals surface area (Å²) in [6.45, 7) is 0.467. The van der Waals surface area contributed by atoms with Gasteiger partial charge in [0.2, 0.25) is 0 Å². The molecule has 0 N–H and O–H groups in total. The third kappa shape index (κ3) is 5.28. The Morgan fingerprint density at radius 1 is 1.11 bits per heavy atom. The molecule has 2 rings (SSSR count). The van der Waals surface area contributed by atoms with Gasteiger partial charge < -0.3 is 4.74 Å². The van der Waals surface area contributed by atoms with Crippen LogP contribution in [0.25, 0.3) is 0 Å². The molecule has 0 aliphatic carbocycles. The summed E-state index contributed by atoms with van der Waals surface area (Å²) >= 11 is 16.1. The van der Waals surface area contributed by atoms with Crippen LogP contribution >= 0.6 is 36.8 Å². The minimum atomic E-state index is 0.467. The van der Waals surface area contributed by atoms with Crippen molar-refractivity contribution in [3.63, 3.8) is 0 Å². The van der Waals surface area contributed by atoms with E-state index >= 15 is 0 Å². The summed E-state index contributed by atoms with van der Waals surface area (Å²) in [6.07, 6.45) is 0. The van der Waals surface area contributed by atoms with E-state index in [2.05, 4.69) is 19.7 Å². The Labute approximate surface area is 133 Å². The number of hydrogen-bond donors (Lipinski definition) is 0. The van der Waals surface area contributed by atoms with Crippen LogP contribution in [0, 0.1) is 6.07 Å². The molecule has 2 aromatic carbocycles. The molecule has 0 bridgehead atoms. The molecule has 0 aromatic heterocycles. The summed E-state index contributed by atoms with van der Waals surface area (Å²) in [5.74, 6) is 0.599. The molecular weight excluding hydrogens is 388 g/mol. The van der Waals surface area contributed by atoms with Crippen LogP contribution < -0.4 is 4.74 Å². The summed E-state index contributed by atoms with van der Waals surface area (Å²) < 4.78 is 5.57. The van der Waals surface area contributed by atoms with Gasteiger partial charge in [0.25, 0.3) is 0 Å². The van der Waals surface area contributed by atoms with Gasteiger partial charge in [-0.3, -0.25) is 0 Å². The van der Waals surface area contributed by atoms with Gasteiger partial charge in [0.1, 0.15) is 5.75 Å². The second-order valence-corrected chi connectivity index (χ2v) is 4.12. The zero-order valence-corrected chi connectivity index (χ0v) is 15.6. The average Bonchev–Trinajstić information content (AvgIpc) is 2.43. The molecule has 0 unspecified atom stereocenters. The fraction of sp³-hybridized carbons (Fsp3) is 0.0769. The third-order valence-electron chi connectivity index (χ3n) is 2.07. The van der Waals surface area contributed by atoms with Crippen LogP contribution in [-0.4, -0.2) is 0 Å². The van der Waals surface area contributed by atoms with Crippen molar-refractivity contribution in [3.05, 3.63) is 64.1 Å². The molecule has 0 amide bonds. The number of rotatable bonds is 3. The van der Waals surface area contributed by atoms with Crippen LogP contribution in [0.5, 0.6) is 5.75 Å². The van der Waals surface area contributed by atoms with E-state index in [9.17, 15) is 0 Å². The number of ether oxygens (including phenoxy) is 1. The number of hydrogen-bond acceptors (Lipinski definition) is 1. The predicted molar refractivity (Wildman–Crippen MR) is 75.0 cm³/mol. The van der Waals surface area contributed by atoms with E-state index in [-0.39, 0.29) is 0 Å². The zero-order valence-electron chi connectivity index (χ0n) is 9.50. The average molecular weight is 397 g/mol. The number of benzene rings is 2. The standard InChI is InChI=1S/C13H9Cl2O.BrH.Zn/c14-11-6-7-12(15)13(8-11)16-9-10-4-2-1-3-5-10;;/h2-8H,9H2;1H;/q-1;;+2/p-1. The van der Waals surface area contributed by atoms with Crippen LogP contribution in [0.15, 0.2) is 42.5 Å². The minimum absolute atomic E-state index is 0.467. The Kier molecular flexibility index (Phi) is 7.93. The first-order valence-corrected chi connectivity index (χ1v) is 12.8. The van der Waals surface area contributed by atoms with Crippen LogP contribution in [0.4, 0.5) is 0 Å². The van der Waals surface area contributed by atoms with Crippen molar-refractivity contribution < 1.29 is 21.1 Å². The van der Waals surface area contributed by atoms with E-state index in [1.807, 2.05) is 24.3 Å². The summed E-state index contributed by atoms with van der Waals surface area (Å²) in [6, 6.07) is 15.7. The van der Waals surface area contributed by atoms with Crippen LogP contribution in [0.2, 0.25) is 10.0 Å². The zero-order chi connectivity index (χ0) is 13.4. The molecule has 0 saturated heterocycles. The summed E-state index contributed by atoms with van der Waals surface area (Å²) in [5, 5.41) is 1.17. The third-order valence-corrected chi connectivity index (χ3v) is 2.62. The normalized spacial score (nSPS) is 9.39. The van der Waals surface area contributed by atoms with Crippen molar-refractivity contribution in [2.45, 2.75) is 6.61 Å². The number of halogens is 3. The molecule has 0 fully saturated rings. The van der Waals surface area contributed by atoms with Gasteiger partial charge in [0, 0.05) is 11.1 Å². The molecule has 0 atom stereocenters. The molecule has 0 saturated carbocycles. The van der Waals surface area contributed by atoms with E-state index in [4.69, 9.17) is 27.9 Å². The monoisotopic (exact) mass is 394 g/mol. The van der Waals surface area contributed by atoms with E-state index < -0.39 is 0 Å². The van der Waals surface area contributed by atoms with Gasteiger partial charge in [-0.2, -0.15) is 30.3 Å². The van der Waals surface area contributed by atoms with Crippen LogP contribution in [0.1, 0.15) is 5.56 Å². The molecule has 90 valence electrons. The van der Waals surface area contributed by atoms with Gasteiger partial charge >= 0.3 is 30.0 Å². The van der Waals surface area contributed by atoms with Crippen LogP contribution in [0.3, 0.4) is 0 Å². The Morgan fingerprint density at radius 2 is 1.78 bits per heavy atom. The summed E-state index contributed by atoms with van der Waals surface area (Å²) in [7, 11) is 0. The molecule has 0 spiro atoms. The van der Waals surface area contributed by atoms with Gasteiger partial charge in [-0.15, -0.1) is 5.56 Å². The van der Waals surface area contributed by atoms with Crippen molar-refractivity contribution >= 4 is 36.8 Å². The molecule has 0 aliphatic rings. The molecule has 0 heterocycles. The second-order valence-electron chi connectivity index (χ2n) is 3.27. The van der Waals surface area contributed by atoms with E-state index in [1.54, 1.807) is 18.2 Å². The summed E-state index contributed by atoms with van der Waals surface area (Å²) in [4.78, 5) is 0. The van der Waals surface area contributed by atoms with E-state index in [0.29, 0.717) is 22.4 Å². The van der Waals surface area contributed by atoms with Crippen molar-refractivity contribution in [1.82, 2.24) is 0 Å². The predicted octanol–water partition coefficient (Wildman–Crippen LogP) is 5.22. The van der Waals surface area contributed by atoms with Gasteiger partial charge in [0.05, 0.1) is 11.6 Å². The van der Waals surface area contributed by atoms with Crippen molar-refractivity contribution in [2.24, 2.45) is 0 Å². The molecule has 1 nitrogen and oxygen atoms in total. The molecule has 2 aromatic rings. The van der Waals surface area contributed by atoms with Crippen LogP contribution in [-0.2, 0) is 22.9 Å². The fourth-order valence-electron chi connectivity index (χ4n) is 1.27. The summed E-state index contributed by atoms with van der Waals surface area (Å²) in [5.41, 5.74) is 1.06. The quantitative estimate of drug-likeness (QED) is 0.510. The fourth-order valence-corrected chi connectivity index (χ4v) is 1.60.